The fraction of sp³-hybridized carbons (Fsp3) is 0.650. The Morgan fingerprint density at radius 1 is 1.32 bits per heavy atom. The molecular weight excluding hydrogens is 330 g/mol. The number of carbonyl (C=O) groups is 1. The van der Waals surface area contributed by atoms with E-state index in [0.29, 0.717) is 18.3 Å². The lowest BCUT2D eigenvalue weighted by atomic mass is 9.84. The fourth-order valence-corrected chi connectivity index (χ4v) is 4.83. The smallest absolute Gasteiger partial charge is 0.224 e. The number of hydrogen-bond acceptors (Lipinski definition) is 4. The van der Waals surface area contributed by atoms with Crippen LogP contribution < -0.4 is 10.6 Å². The van der Waals surface area contributed by atoms with Gasteiger partial charge < -0.3 is 10.6 Å². The normalized spacial score (nSPS) is 21.0. The first-order chi connectivity index (χ1) is 12.2. The number of benzene rings is 1. The van der Waals surface area contributed by atoms with Gasteiger partial charge in [-0.1, -0.05) is 19.1 Å². The summed E-state index contributed by atoms with van der Waals surface area (Å²) in [6, 6.07) is 8.35. The Bertz CT molecular complexity index is 554. The number of anilines is 1. The molecule has 1 aromatic rings. The van der Waals surface area contributed by atoms with E-state index in [9.17, 15) is 4.79 Å². The molecule has 1 amide bonds. The van der Waals surface area contributed by atoms with Gasteiger partial charge >= 0.3 is 0 Å². The standard InChI is InChI=1S/C20H31N3OS/c1-16(18-5-7-21-8-6-18)13-20(24)22-19-4-2-3-17(14-19)15-23-9-11-25-12-10-23/h2-4,14,16,18,21H,5-13,15H2,1H3,(H,22,24). The van der Waals surface area contributed by atoms with Crippen molar-refractivity contribution in [3.63, 3.8) is 0 Å². The van der Waals surface area contributed by atoms with E-state index in [1.165, 1.54) is 29.9 Å². The third kappa shape index (κ3) is 6.01. The van der Waals surface area contributed by atoms with E-state index in [1.54, 1.807) is 0 Å². The minimum Gasteiger partial charge on any atom is -0.326 e. The molecular formula is C20H31N3OS. The van der Waals surface area contributed by atoms with Gasteiger partial charge in [0, 0.05) is 43.2 Å². The quantitative estimate of drug-likeness (QED) is 0.817. The highest BCUT2D eigenvalue weighted by Gasteiger charge is 2.22. The molecule has 2 saturated heterocycles. The van der Waals surface area contributed by atoms with Crippen LogP contribution in [0.15, 0.2) is 24.3 Å². The lowest BCUT2D eigenvalue weighted by Gasteiger charge is -2.28. The Labute approximate surface area is 156 Å². The van der Waals surface area contributed by atoms with Gasteiger partial charge in [-0.25, -0.2) is 0 Å². The van der Waals surface area contributed by atoms with Gasteiger partial charge in [0.1, 0.15) is 0 Å². The van der Waals surface area contributed by atoms with Crippen LogP contribution in [-0.2, 0) is 11.3 Å². The molecule has 138 valence electrons. The van der Waals surface area contributed by atoms with Crippen LogP contribution >= 0.6 is 11.8 Å². The van der Waals surface area contributed by atoms with Crippen LogP contribution in [0.25, 0.3) is 0 Å². The van der Waals surface area contributed by atoms with E-state index < -0.39 is 0 Å². The highest BCUT2D eigenvalue weighted by Crippen LogP contribution is 2.25. The van der Waals surface area contributed by atoms with Crippen molar-refractivity contribution in [2.24, 2.45) is 11.8 Å². The summed E-state index contributed by atoms with van der Waals surface area (Å²) >= 11 is 2.04. The summed E-state index contributed by atoms with van der Waals surface area (Å²) in [6.45, 7) is 7.71. The summed E-state index contributed by atoms with van der Waals surface area (Å²) in [4.78, 5) is 14.9. The molecule has 2 fully saturated rings. The summed E-state index contributed by atoms with van der Waals surface area (Å²) in [5.41, 5.74) is 2.22. The second-order valence-electron chi connectivity index (χ2n) is 7.41. The van der Waals surface area contributed by atoms with Crippen molar-refractivity contribution in [3.05, 3.63) is 29.8 Å². The summed E-state index contributed by atoms with van der Waals surface area (Å²) in [5, 5.41) is 6.51. The number of nitrogens with zero attached hydrogens (tertiary/aromatic N) is 1. The van der Waals surface area contributed by atoms with Gasteiger partial charge in [-0.05, 0) is 55.5 Å². The monoisotopic (exact) mass is 361 g/mol. The molecule has 5 heteroatoms. The van der Waals surface area contributed by atoms with Gasteiger partial charge in [-0.15, -0.1) is 0 Å². The maximum Gasteiger partial charge on any atom is 0.224 e. The summed E-state index contributed by atoms with van der Waals surface area (Å²) in [6.07, 6.45) is 3.01. The number of nitrogens with one attached hydrogen (secondary N) is 2. The van der Waals surface area contributed by atoms with Gasteiger partial charge in [0.25, 0.3) is 0 Å². The fourth-order valence-electron chi connectivity index (χ4n) is 3.85. The maximum atomic E-state index is 12.4. The van der Waals surface area contributed by atoms with Crippen LogP contribution in [0.4, 0.5) is 5.69 Å². The highest BCUT2D eigenvalue weighted by atomic mass is 32.2. The Morgan fingerprint density at radius 2 is 2.08 bits per heavy atom. The van der Waals surface area contributed by atoms with Crippen LogP contribution in [0.3, 0.4) is 0 Å². The largest absolute Gasteiger partial charge is 0.326 e. The van der Waals surface area contributed by atoms with Crippen LogP contribution in [0.2, 0.25) is 0 Å². The third-order valence-electron chi connectivity index (χ3n) is 5.42. The topological polar surface area (TPSA) is 44.4 Å². The molecule has 1 atom stereocenters. The van der Waals surface area contributed by atoms with Gasteiger partial charge in [-0.2, -0.15) is 11.8 Å². The molecule has 0 aromatic heterocycles. The van der Waals surface area contributed by atoms with Gasteiger partial charge in [0.05, 0.1) is 0 Å². The Morgan fingerprint density at radius 3 is 2.84 bits per heavy atom. The molecule has 0 bridgehead atoms. The molecule has 0 spiro atoms. The SMILES string of the molecule is CC(CC(=O)Nc1cccc(CN2CCSCC2)c1)C1CCNCC1. The summed E-state index contributed by atoms with van der Waals surface area (Å²) in [7, 11) is 0. The van der Waals surface area contributed by atoms with Crippen LogP contribution in [0.1, 0.15) is 31.7 Å². The van der Waals surface area contributed by atoms with E-state index >= 15 is 0 Å². The average Bonchev–Trinajstić information content (AvgIpc) is 2.63. The number of carbonyl (C=O) groups excluding carboxylic acids is 1. The summed E-state index contributed by atoms with van der Waals surface area (Å²) < 4.78 is 0. The van der Waals surface area contributed by atoms with Gasteiger partial charge in [0.2, 0.25) is 5.91 Å². The molecule has 1 aromatic carbocycles. The second-order valence-corrected chi connectivity index (χ2v) is 8.63. The number of thioether (sulfide) groups is 1. The maximum absolute atomic E-state index is 12.4. The van der Waals surface area contributed by atoms with Crippen molar-refractivity contribution in [1.82, 2.24) is 10.2 Å². The van der Waals surface area contributed by atoms with Crippen molar-refractivity contribution in [1.29, 1.82) is 0 Å². The molecule has 2 aliphatic heterocycles. The molecule has 0 radical (unpaired) electrons. The van der Waals surface area contributed by atoms with Crippen molar-refractivity contribution in [2.45, 2.75) is 32.7 Å². The molecule has 1 unspecified atom stereocenters. The molecule has 0 aliphatic carbocycles. The molecule has 4 nitrogen and oxygen atoms in total. The number of piperidine rings is 1. The number of amides is 1. The number of hydrogen-bond donors (Lipinski definition) is 2. The lowest BCUT2D eigenvalue weighted by Crippen LogP contribution is -2.32. The Kier molecular flexibility index (Phi) is 7.20. The van der Waals surface area contributed by atoms with E-state index in [4.69, 9.17) is 0 Å². The van der Waals surface area contributed by atoms with Crippen LogP contribution in [-0.4, -0.2) is 48.5 Å². The van der Waals surface area contributed by atoms with Crippen LogP contribution in [0, 0.1) is 11.8 Å². The van der Waals surface area contributed by atoms with Gasteiger partial charge in [-0.3, -0.25) is 9.69 Å². The van der Waals surface area contributed by atoms with Crippen molar-refractivity contribution < 1.29 is 4.79 Å². The number of rotatable bonds is 6. The first kappa shape index (κ1) is 18.7. The van der Waals surface area contributed by atoms with Crippen molar-refractivity contribution in [2.75, 3.05) is 43.0 Å². The van der Waals surface area contributed by atoms with Crippen molar-refractivity contribution in [3.8, 4) is 0 Å². The zero-order valence-electron chi connectivity index (χ0n) is 15.3. The van der Waals surface area contributed by atoms with E-state index in [1.807, 2.05) is 17.8 Å². The molecule has 2 heterocycles. The zero-order chi connectivity index (χ0) is 17.5. The molecule has 2 N–H and O–H groups in total. The predicted molar refractivity (Wildman–Crippen MR) is 107 cm³/mol. The summed E-state index contributed by atoms with van der Waals surface area (Å²) in [5.74, 6) is 3.74. The van der Waals surface area contributed by atoms with E-state index in [2.05, 4.69) is 40.7 Å². The minimum atomic E-state index is 0.151. The molecule has 3 rings (SSSR count). The third-order valence-corrected chi connectivity index (χ3v) is 6.36. The van der Waals surface area contributed by atoms with E-state index in [-0.39, 0.29) is 5.91 Å². The zero-order valence-corrected chi connectivity index (χ0v) is 16.1. The molecule has 0 saturated carbocycles. The first-order valence-corrected chi connectivity index (χ1v) is 10.8. The molecule has 25 heavy (non-hydrogen) atoms. The molecule has 2 aliphatic rings. The minimum absolute atomic E-state index is 0.151. The van der Waals surface area contributed by atoms with Gasteiger partial charge in [0.15, 0.2) is 0 Å². The average molecular weight is 362 g/mol. The van der Waals surface area contributed by atoms with E-state index in [0.717, 1.165) is 38.4 Å². The van der Waals surface area contributed by atoms with Crippen molar-refractivity contribution >= 4 is 23.4 Å². The highest BCUT2D eigenvalue weighted by molar-refractivity contribution is 7.99. The Balaban J connectivity index is 1.49. The predicted octanol–water partition coefficient (Wildman–Crippen LogP) is 3.20. The lowest BCUT2D eigenvalue weighted by molar-refractivity contribution is -0.117. The second kappa shape index (κ2) is 9.60. The van der Waals surface area contributed by atoms with Crippen LogP contribution in [0.5, 0.6) is 0 Å². The Hall–Kier alpha value is -1.04. The first-order valence-electron chi connectivity index (χ1n) is 9.60.